The molecule has 0 saturated carbocycles. The van der Waals surface area contributed by atoms with Crippen LogP contribution in [0.25, 0.3) is 0 Å². The van der Waals surface area contributed by atoms with Crippen molar-refractivity contribution in [1.29, 1.82) is 0 Å². The van der Waals surface area contributed by atoms with Gasteiger partial charge in [-0.1, -0.05) is 34.6 Å². The fourth-order valence-corrected chi connectivity index (χ4v) is 2.42. The molecule has 1 amide bonds. The molecule has 0 fully saturated rings. The highest BCUT2D eigenvalue weighted by Gasteiger charge is 2.35. The highest BCUT2D eigenvalue weighted by atomic mass is 16.4. The molecule has 0 radical (unpaired) electrons. The molecule has 0 aromatic carbocycles. The molecule has 0 heterocycles. The van der Waals surface area contributed by atoms with E-state index >= 15 is 0 Å². The minimum Gasteiger partial charge on any atom is -0.481 e. The van der Waals surface area contributed by atoms with Gasteiger partial charge in [-0.3, -0.25) is 9.59 Å². The molecule has 20 heavy (non-hydrogen) atoms. The summed E-state index contributed by atoms with van der Waals surface area (Å²) in [6.45, 7) is 10.2. The number of carbonyl (C=O) groups excluding carboxylic acids is 1. The van der Waals surface area contributed by atoms with Gasteiger partial charge in [-0.25, -0.2) is 0 Å². The Morgan fingerprint density at radius 1 is 1.20 bits per heavy atom. The van der Waals surface area contributed by atoms with E-state index in [2.05, 4.69) is 5.32 Å². The van der Waals surface area contributed by atoms with Gasteiger partial charge in [-0.15, -0.1) is 0 Å². The van der Waals surface area contributed by atoms with Gasteiger partial charge in [0.25, 0.3) is 0 Å². The van der Waals surface area contributed by atoms with E-state index in [0.717, 1.165) is 0 Å². The Bertz CT molecular complexity index is 322. The maximum atomic E-state index is 12.5. The van der Waals surface area contributed by atoms with Gasteiger partial charge in [-0.05, 0) is 24.7 Å². The average molecular weight is 286 g/mol. The fraction of sp³-hybridized carbons (Fsp3) is 0.867. The third kappa shape index (κ3) is 5.90. The molecular weight excluding hydrogens is 256 g/mol. The SMILES string of the molecule is CCC(CC)(CN)C(=O)NC(CC(=O)O)CC(C)(C)C. The lowest BCUT2D eigenvalue weighted by Crippen LogP contribution is -2.50. The second-order valence-corrected chi connectivity index (χ2v) is 6.72. The molecule has 4 N–H and O–H groups in total. The van der Waals surface area contributed by atoms with Gasteiger partial charge >= 0.3 is 5.97 Å². The van der Waals surface area contributed by atoms with Gasteiger partial charge in [0.05, 0.1) is 11.8 Å². The van der Waals surface area contributed by atoms with Gasteiger partial charge < -0.3 is 16.2 Å². The van der Waals surface area contributed by atoms with Crippen molar-refractivity contribution in [1.82, 2.24) is 5.32 Å². The van der Waals surface area contributed by atoms with Crippen LogP contribution in [0.15, 0.2) is 0 Å². The van der Waals surface area contributed by atoms with Crippen molar-refractivity contribution in [3.63, 3.8) is 0 Å². The van der Waals surface area contributed by atoms with Crippen molar-refractivity contribution in [2.75, 3.05) is 6.54 Å². The van der Waals surface area contributed by atoms with Crippen LogP contribution in [0.2, 0.25) is 0 Å². The quantitative estimate of drug-likeness (QED) is 0.637. The lowest BCUT2D eigenvalue weighted by atomic mass is 9.80. The summed E-state index contributed by atoms with van der Waals surface area (Å²) in [7, 11) is 0. The molecule has 0 spiro atoms. The van der Waals surface area contributed by atoms with Crippen molar-refractivity contribution < 1.29 is 14.7 Å². The Balaban J connectivity index is 4.96. The van der Waals surface area contributed by atoms with Crippen molar-refractivity contribution in [2.24, 2.45) is 16.6 Å². The molecule has 0 rings (SSSR count). The topological polar surface area (TPSA) is 92.4 Å². The predicted molar refractivity (Wildman–Crippen MR) is 80.3 cm³/mol. The number of nitrogens with one attached hydrogen (secondary N) is 1. The van der Waals surface area contributed by atoms with Crippen LogP contribution in [0.4, 0.5) is 0 Å². The van der Waals surface area contributed by atoms with E-state index in [1.807, 2.05) is 34.6 Å². The van der Waals surface area contributed by atoms with E-state index in [4.69, 9.17) is 10.8 Å². The van der Waals surface area contributed by atoms with Gasteiger partial charge in [0.2, 0.25) is 5.91 Å². The average Bonchev–Trinajstić information content (AvgIpc) is 2.28. The van der Waals surface area contributed by atoms with Gasteiger partial charge in [0.15, 0.2) is 0 Å². The molecule has 1 unspecified atom stereocenters. The number of carboxylic acid groups (broad SMARTS) is 1. The van der Waals surface area contributed by atoms with Crippen LogP contribution < -0.4 is 11.1 Å². The first-order valence-corrected chi connectivity index (χ1v) is 7.33. The number of carbonyl (C=O) groups is 2. The summed E-state index contributed by atoms with van der Waals surface area (Å²) in [6, 6.07) is -0.357. The summed E-state index contributed by atoms with van der Waals surface area (Å²) >= 11 is 0. The van der Waals surface area contributed by atoms with Crippen LogP contribution in [0.5, 0.6) is 0 Å². The molecule has 0 aromatic heterocycles. The Kier molecular flexibility index (Phi) is 7.20. The van der Waals surface area contributed by atoms with E-state index in [1.54, 1.807) is 0 Å². The Labute approximate surface area is 122 Å². The van der Waals surface area contributed by atoms with Crippen LogP contribution in [-0.2, 0) is 9.59 Å². The number of carboxylic acids is 1. The number of aliphatic carboxylic acids is 1. The highest BCUT2D eigenvalue weighted by Crippen LogP contribution is 2.27. The minimum atomic E-state index is -0.897. The summed E-state index contributed by atoms with van der Waals surface area (Å²) in [6.07, 6.45) is 1.87. The standard InChI is InChI=1S/C15H30N2O3/c1-6-15(7-2,10-16)13(20)17-11(8-12(18)19)9-14(3,4)5/h11H,6-10,16H2,1-5H3,(H,17,20)(H,18,19). The van der Waals surface area contributed by atoms with E-state index < -0.39 is 11.4 Å². The zero-order valence-corrected chi connectivity index (χ0v) is 13.5. The molecule has 0 aromatic rings. The molecule has 0 aliphatic heterocycles. The van der Waals surface area contributed by atoms with Gasteiger partial charge in [-0.2, -0.15) is 0 Å². The van der Waals surface area contributed by atoms with Gasteiger partial charge in [0, 0.05) is 12.6 Å². The lowest BCUT2D eigenvalue weighted by molar-refractivity contribution is -0.138. The van der Waals surface area contributed by atoms with E-state index in [-0.39, 0.29) is 30.3 Å². The molecule has 0 aliphatic rings. The predicted octanol–water partition coefficient (Wildman–Crippen LogP) is 2.15. The Morgan fingerprint density at radius 2 is 1.70 bits per heavy atom. The second-order valence-electron chi connectivity index (χ2n) is 6.72. The van der Waals surface area contributed by atoms with E-state index in [9.17, 15) is 9.59 Å². The fourth-order valence-electron chi connectivity index (χ4n) is 2.42. The van der Waals surface area contributed by atoms with Gasteiger partial charge in [0.1, 0.15) is 0 Å². The minimum absolute atomic E-state index is 0.0444. The van der Waals surface area contributed by atoms with Crippen molar-refractivity contribution in [2.45, 2.75) is 66.3 Å². The normalized spacial score (nSPS) is 13.9. The van der Waals surface area contributed by atoms with Crippen LogP contribution in [0.3, 0.4) is 0 Å². The van der Waals surface area contributed by atoms with Crippen LogP contribution >= 0.6 is 0 Å². The van der Waals surface area contributed by atoms with E-state index in [1.165, 1.54) is 0 Å². The molecule has 0 aliphatic carbocycles. The Morgan fingerprint density at radius 3 is 2.00 bits per heavy atom. The second kappa shape index (κ2) is 7.62. The first kappa shape index (κ1) is 18.9. The summed E-state index contributed by atoms with van der Waals surface area (Å²) < 4.78 is 0. The van der Waals surface area contributed by atoms with Crippen molar-refractivity contribution >= 4 is 11.9 Å². The van der Waals surface area contributed by atoms with Crippen LogP contribution in [-0.4, -0.2) is 29.6 Å². The summed E-state index contributed by atoms with van der Waals surface area (Å²) in [4.78, 5) is 23.4. The molecule has 1 atom stereocenters. The largest absolute Gasteiger partial charge is 0.481 e. The van der Waals surface area contributed by atoms with Crippen molar-refractivity contribution in [3.8, 4) is 0 Å². The van der Waals surface area contributed by atoms with Crippen LogP contribution in [0, 0.1) is 10.8 Å². The zero-order valence-electron chi connectivity index (χ0n) is 13.5. The summed E-state index contributed by atoms with van der Waals surface area (Å²) in [5.74, 6) is -1.02. The smallest absolute Gasteiger partial charge is 0.305 e. The maximum absolute atomic E-state index is 12.5. The number of amides is 1. The zero-order chi connectivity index (χ0) is 16.0. The number of rotatable bonds is 8. The van der Waals surface area contributed by atoms with Crippen molar-refractivity contribution in [3.05, 3.63) is 0 Å². The third-order valence-corrected chi connectivity index (χ3v) is 3.84. The number of hydrogen-bond donors (Lipinski definition) is 3. The molecule has 0 bridgehead atoms. The monoisotopic (exact) mass is 286 g/mol. The van der Waals surface area contributed by atoms with E-state index in [0.29, 0.717) is 19.3 Å². The number of nitrogens with two attached hydrogens (primary N) is 1. The summed E-state index contributed by atoms with van der Waals surface area (Å²) in [5, 5.41) is 11.9. The summed E-state index contributed by atoms with van der Waals surface area (Å²) in [5.41, 5.74) is 5.12. The molecule has 118 valence electrons. The molecular formula is C15H30N2O3. The Hall–Kier alpha value is -1.10. The number of hydrogen-bond acceptors (Lipinski definition) is 3. The van der Waals surface area contributed by atoms with Crippen LogP contribution in [0.1, 0.15) is 60.3 Å². The first-order chi connectivity index (χ1) is 9.10. The third-order valence-electron chi connectivity index (χ3n) is 3.84. The molecule has 5 nitrogen and oxygen atoms in total. The molecule has 5 heteroatoms. The molecule has 0 saturated heterocycles. The first-order valence-electron chi connectivity index (χ1n) is 7.33. The maximum Gasteiger partial charge on any atom is 0.305 e. The highest BCUT2D eigenvalue weighted by molar-refractivity contribution is 5.83. The lowest BCUT2D eigenvalue weighted by Gasteiger charge is -2.33.